The lowest BCUT2D eigenvalue weighted by molar-refractivity contribution is -0.139. The molecule has 3 aromatic carbocycles. The van der Waals surface area contributed by atoms with Crippen molar-refractivity contribution in [3.05, 3.63) is 101 Å². The quantitative estimate of drug-likeness (QED) is 0.134. The molecule has 0 radical (unpaired) electrons. The fraction of sp³-hybridized carbons (Fsp3) is 0.314. The van der Waals surface area contributed by atoms with Crippen molar-refractivity contribution in [3.63, 3.8) is 0 Å². The molecule has 10 heteroatoms. The SMILES string of the molecule is COc1cc(CNC(=O)c2c(-c3ccccc3)c(-c3ccc(F)cc3)c(CCC(O)CC(O)CC(=O)O)n2C(C)C)ccc1F. The zero-order chi connectivity index (χ0) is 32.7. The van der Waals surface area contributed by atoms with Crippen LogP contribution < -0.4 is 10.1 Å². The number of aromatic nitrogens is 1. The van der Waals surface area contributed by atoms with Gasteiger partial charge in [-0.1, -0.05) is 48.5 Å². The number of carboxylic acid groups (broad SMARTS) is 1. The van der Waals surface area contributed by atoms with E-state index in [4.69, 9.17) is 9.84 Å². The van der Waals surface area contributed by atoms with Crippen LogP contribution in [0.3, 0.4) is 0 Å². The Kier molecular flexibility index (Phi) is 11.1. The molecule has 238 valence electrons. The third kappa shape index (κ3) is 8.14. The van der Waals surface area contributed by atoms with E-state index in [1.165, 1.54) is 31.4 Å². The number of hydrogen-bond donors (Lipinski definition) is 4. The van der Waals surface area contributed by atoms with Crippen molar-refractivity contribution < 1.29 is 38.4 Å². The first-order chi connectivity index (χ1) is 21.5. The molecule has 2 atom stereocenters. The zero-order valence-corrected chi connectivity index (χ0v) is 25.5. The van der Waals surface area contributed by atoms with Crippen LogP contribution in [0.5, 0.6) is 5.75 Å². The van der Waals surface area contributed by atoms with Crippen LogP contribution in [0.15, 0.2) is 72.8 Å². The molecule has 0 bridgehead atoms. The highest BCUT2D eigenvalue weighted by Crippen LogP contribution is 2.42. The Morgan fingerprint density at radius 3 is 2.20 bits per heavy atom. The number of nitrogens with zero attached hydrogens (tertiary/aromatic N) is 1. The van der Waals surface area contributed by atoms with Gasteiger partial charge in [0.25, 0.3) is 5.91 Å². The molecule has 1 amide bonds. The van der Waals surface area contributed by atoms with Gasteiger partial charge in [0, 0.05) is 29.4 Å². The van der Waals surface area contributed by atoms with Gasteiger partial charge < -0.3 is 29.9 Å². The molecule has 4 rings (SSSR count). The van der Waals surface area contributed by atoms with Crippen molar-refractivity contribution in [2.24, 2.45) is 0 Å². The van der Waals surface area contributed by atoms with Crippen molar-refractivity contribution in [2.45, 2.75) is 64.3 Å². The molecule has 1 aromatic heterocycles. The van der Waals surface area contributed by atoms with E-state index in [1.54, 1.807) is 18.2 Å². The number of carboxylic acids is 1. The number of halogens is 2. The molecule has 0 aliphatic heterocycles. The lowest BCUT2D eigenvalue weighted by Crippen LogP contribution is -2.27. The zero-order valence-electron chi connectivity index (χ0n) is 25.5. The van der Waals surface area contributed by atoms with Gasteiger partial charge in [-0.25, -0.2) is 8.78 Å². The molecule has 0 spiro atoms. The highest BCUT2D eigenvalue weighted by molar-refractivity contribution is 6.05. The molecule has 4 N–H and O–H groups in total. The third-order valence-electron chi connectivity index (χ3n) is 7.57. The summed E-state index contributed by atoms with van der Waals surface area (Å²) in [4.78, 5) is 25.2. The lowest BCUT2D eigenvalue weighted by atomic mass is 9.92. The molecule has 0 aliphatic carbocycles. The molecule has 4 aromatic rings. The number of carbonyl (C=O) groups is 2. The monoisotopic (exact) mass is 620 g/mol. The summed E-state index contributed by atoms with van der Waals surface area (Å²) in [6.45, 7) is 3.96. The molecule has 45 heavy (non-hydrogen) atoms. The predicted octanol–water partition coefficient (Wildman–Crippen LogP) is 6.14. The first-order valence-electron chi connectivity index (χ1n) is 14.8. The van der Waals surface area contributed by atoms with E-state index in [0.717, 1.165) is 11.3 Å². The topological polar surface area (TPSA) is 121 Å². The Morgan fingerprint density at radius 2 is 1.58 bits per heavy atom. The van der Waals surface area contributed by atoms with Crippen LogP contribution in [0.1, 0.15) is 60.9 Å². The minimum atomic E-state index is -1.21. The van der Waals surface area contributed by atoms with Gasteiger partial charge in [0.05, 0.1) is 25.7 Å². The standard InChI is InChI=1S/C35H38F2N2O6/c1-21(2)39-29(16-14-26(40)18-27(41)19-31(42)43)32(24-10-12-25(36)13-11-24)33(23-7-5-4-6-8-23)34(39)35(44)38-20-22-9-15-28(37)30(17-22)45-3/h4-13,15,17,21,26-27,40-41H,14,16,18-20H2,1-3H3,(H,38,44)(H,42,43). The van der Waals surface area contributed by atoms with Gasteiger partial charge in [-0.05, 0) is 74.1 Å². The van der Waals surface area contributed by atoms with E-state index in [1.807, 2.05) is 48.7 Å². The van der Waals surface area contributed by atoms with Crippen molar-refractivity contribution in [3.8, 4) is 28.0 Å². The summed E-state index contributed by atoms with van der Waals surface area (Å²) in [6.07, 6.45) is -2.39. The van der Waals surface area contributed by atoms with Crippen LogP contribution in [-0.2, 0) is 17.8 Å². The second-order valence-electron chi connectivity index (χ2n) is 11.2. The Bertz CT molecular complexity index is 1620. The van der Waals surface area contributed by atoms with Crippen LogP contribution in [-0.4, -0.2) is 51.1 Å². The maximum absolute atomic E-state index is 14.2. The second-order valence-corrected chi connectivity index (χ2v) is 11.2. The lowest BCUT2D eigenvalue weighted by Gasteiger charge is -2.20. The van der Waals surface area contributed by atoms with Crippen molar-refractivity contribution in [1.29, 1.82) is 0 Å². The number of benzene rings is 3. The average molecular weight is 621 g/mol. The number of aliphatic hydroxyl groups excluding tert-OH is 2. The summed E-state index contributed by atoms with van der Waals surface area (Å²) in [6, 6.07) is 19.5. The average Bonchev–Trinajstić information content (AvgIpc) is 3.35. The van der Waals surface area contributed by atoms with Crippen LogP contribution in [0.4, 0.5) is 8.78 Å². The van der Waals surface area contributed by atoms with Gasteiger partial charge >= 0.3 is 5.97 Å². The highest BCUT2D eigenvalue weighted by Gasteiger charge is 2.30. The number of aliphatic carboxylic acids is 1. The van der Waals surface area contributed by atoms with E-state index in [-0.39, 0.29) is 37.6 Å². The Hall–Kier alpha value is -4.54. The molecule has 1 heterocycles. The smallest absolute Gasteiger partial charge is 0.305 e. The number of hydrogen-bond acceptors (Lipinski definition) is 5. The number of carbonyl (C=O) groups excluding carboxylic acids is 1. The molecule has 0 saturated carbocycles. The van der Waals surface area contributed by atoms with Crippen LogP contribution >= 0.6 is 0 Å². The molecular formula is C35H38F2N2O6. The number of amides is 1. The summed E-state index contributed by atoms with van der Waals surface area (Å²) >= 11 is 0. The summed E-state index contributed by atoms with van der Waals surface area (Å²) in [5, 5.41) is 32.8. The second kappa shape index (κ2) is 15.0. The van der Waals surface area contributed by atoms with Gasteiger partial charge in [-0.15, -0.1) is 0 Å². The van der Waals surface area contributed by atoms with Crippen molar-refractivity contribution in [1.82, 2.24) is 9.88 Å². The van der Waals surface area contributed by atoms with E-state index in [0.29, 0.717) is 27.9 Å². The first kappa shape index (κ1) is 33.4. The number of aliphatic hydroxyl groups is 2. The van der Waals surface area contributed by atoms with Gasteiger partial charge in [-0.3, -0.25) is 9.59 Å². The predicted molar refractivity (Wildman–Crippen MR) is 167 cm³/mol. The van der Waals surface area contributed by atoms with E-state index in [2.05, 4.69) is 5.32 Å². The molecule has 0 fully saturated rings. The fourth-order valence-electron chi connectivity index (χ4n) is 5.59. The fourth-order valence-corrected chi connectivity index (χ4v) is 5.59. The largest absolute Gasteiger partial charge is 0.494 e. The van der Waals surface area contributed by atoms with Crippen LogP contribution in [0.2, 0.25) is 0 Å². The van der Waals surface area contributed by atoms with Gasteiger partial charge in [0.15, 0.2) is 11.6 Å². The summed E-state index contributed by atoms with van der Waals surface area (Å²) < 4.78 is 35.1. The molecule has 0 saturated heterocycles. The van der Waals surface area contributed by atoms with Crippen LogP contribution in [0.25, 0.3) is 22.3 Å². The number of rotatable bonds is 14. The number of methoxy groups -OCH3 is 1. The molecular weight excluding hydrogens is 582 g/mol. The van der Waals surface area contributed by atoms with Gasteiger partial charge in [-0.2, -0.15) is 0 Å². The highest BCUT2D eigenvalue weighted by atomic mass is 19.1. The summed E-state index contributed by atoms with van der Waals surface area (Å²) in [7, 11) is 1.37. The van der Waals surface area contributed by atoms with Crippen molar-refractivity contribution in [2.75, 3.05) is 7.11 Å². The van der Waals surface area contributed by atoms with E-state index in [9.17, 15) is 28.6 Å². The molecule has 8 nitrogen and oxygen atoms in total. The summed E-state index contributed by atoms with van der Waals surface area (Å²) in [5.41, 5.74) is 4.46. The number of ether oxygens (including phenoxy) is 1. The van der Waals surface area contributed by atoms with Gasteiger partial charge in [0.1, 0.15) is 11.5 Å². The molecule has 0 aliphatic rings. The van der Waals surface area contributed by atoms with E-state index >= 15 is 0 Å². The molecule has 2 unspecified atom stereocenters. The van der Waals surface area contributed by atoms with Crippen LogP contribution in [0, 0.1) is 11.6 Å². The normalized spacial score (nSPS) is 12.6. The Labute approximate surface area is 260 Å². The third-order valence-corrected chi connectivity index (χ3v) is 7.57. The minimum Gasteiger partial charge on any atom is -0.494 e. The van der Waals surface area contributed by atoms with E-state index < -0.39 is 42.1 Å². The first-order valence-corrected chi connectivity index (χ1v) is 14.8. The maximum atomic E-state index is 14.2. The Balaban J connectivity index is 1.84. The van der Waals surface area contributed by atoms with Gasteiger partial charge in [0.2, 0.25) is 0 Å². The number of nitrogens with one attached hydrogen (secondary N) is 1. The summed E-state index contributed by atoms with van der Waals surface area (Å²) in [5.74, 6) is -2.42. The maximum Gasteiger partial charge on any atom is 0.305 e. The Morgan fingerprint density at radius 1 is 0.911 bits per heavy atom. The van der Waals surface area contributed by atoms with Crippen molar-refractivity contribution >= 4 is 11.9 Å². The minimum absolute atomic E-state index is 0.0604.